The summed E-state index contributed by atoms with van der Waals surface area (Å²) in [6.45, 7) is 1.43. The Morgan fingerprint density at radius 3 is 2.75 bits per heavy atom. The number of likely N-dealkylation sites (N-methyl/N-ethyl adjacent to an activating group) is 1. The molecule has 1 rings (SSSR count). The van der Waals surface area contributed by atoms with Gasteiger partial charge in [-0.2, -0.15) is 0 Å². The quantitative estimate of drug-likeness (QED) is 0.809. The van der Waals surface area contributed by atoms with E-state index in [0.717, 1.165) is 0 Å². The van der Waals surface area contributed by atoms with Gasteiger partial charge in [0.25, 0.3) is 5.91 Å². The van der Waals surface area contributed by atoms with E-state index in [1.54, 1.807) is 6.92 Å². The van der Waals surface area contributed by atoms with Crippen molar-refractivity contribution < 1.29 is 19.4 Å². The van der Waals surface area contributed by atoms with Crippen LogP contribution >= 0.6 is 0 Å². The molecule has 108 valence electrons. The maximum atomic E-state index is 13.7. The number of benzene rings is 1. The first kappa shape index (κ1) is 16.2. The summed E-state index contributed by atoms with van der Waals surface area (Å²) in [7, 11) is 1.51. The van der Waals surface area contributed by atoms with Crippen LogP contribution in [0.5, 0.6) is 0 Å². The van der Waals surface area contributed by atoms with Gasteiger partial charge < -0.3 is 15.1 Å². The van der Waals surface area contributed by atoms with Crippen LogP contribution in [0, 0.1) is 17.7 Å². The molecule has 5 heteroatoms. The zero-order chi connectivity index (χ0) is 15.1. The average molecular weight is 279 g/mol. The largest absolute Gasteiger partial charge is 0.395 e. The number of carbonyl (C=O) groups excluding carboxylic acids is 1. The van der Waals surface area contributed by atoms with E-state index >= 15 is 0 Å². The van der Waals surface area contributed by atoms with Crippen LogP contribution in [-0.2, 0) is 0 Å². The molecule has 0 saturated carbocycles. The first-order valence-corrected chi connectivity index (χ1v) is 6.28. The van der Waals surface area contributed by atoms with Gasteiger partial charge in [-0.3, -0.25) is 4.79 Å². The fourth-order valence-electron chi connectivity index (χ4n) is 1.50. The highest BCUT2D eigenvalue weighted by Gasteiger charge is 2.20. The predicted molar refractivity (Wildman–Crippen MR) is 73.6 cm³/mol. The van der Waals surface area contributed by atoms with E-state index in [1.807, 2.05) is 0 Å². The van der Waals surface area contributed by atoms with Gasteiger partial charge in [0.1, 0.15) is 5.82 Å². The molecule has 1 unspecified atom stereocenters. The number of hydrogen-bond acceptors (Lipinski definition) is 3. The van der Waals surface area contributed by atoms with Crippen molar-refractivity contribution >= 4 is 5.91 Å². The normalized spacial score (nSPS) is 11.4. The second kappa shape index (κ2) is 7.63. The van der Waals surface area contributed by atoms with Gasteiger partial charge in [0.05, 0.1) is 24.8 Å². The van der Waals surface area contributed by atoms with Crippen LogP contribution in [-0.4, -0.2) is 47.3 Å². The van der Waals surface area contributed by atoms with Crippen LogP contribution in [0.1, 0.15) is 29.3 Å². The molecule has 1 atom stereocenters. The fourth-order valence-corrected chi connectivity index (χ4v) is 1.50. The highest BCUT2D eigenvalue weighted by atomic mass is 19.1. The minimum Gasteiger partial charge on any atom is -0.395 e. The Morgan fingerprint density at radius 2 is 2.15 bits per heavy atom. The number of aliphatic hydroxyl groups is 2. The zero-order valence-electron chi connectivity index (χ0n) is 11.6. The van der Waals surface area contributed by atoms with Crippen LogP contribution < -0.4 is 0 Å². The van der Waals surface area contributed by atoms with Gasteiger partial charge in [-0.05, 0) is 25.1 Å². The highest BCUT2D eigenvalue weighted by Crippen LogP contribution is 2.13. The molecule has 0 spiro atoms. The van der Waals surface area contributed by atoms with Crippen molar-refractivity contribution in [2.24, 2.45) is 0 Å². The van der Waals surface area contributed by atoms with Gasteiger partial charge in [-0.15, -0.1) is 0 Å². The summed E-state index contributed by atoms with van der Waals surface area (Å²) in [6.07, 6.45) is 0.322. The SMILES string of the molecule is CC(CO)N(C)C(=O)c1cc(C#CCCO)ccc1F. The first-order chi connectivity index (χ1) is 9.51. The van der Waals surface area contributed by atoms with E-state index < -0.39 is 17.8 Å². The molecule has 0 aliphatic rings. The number of aliphatic hydroxyl groups excluding tert-OH is 2. The number of nitrogens with zero attached hydrogens (tertiary/aromatic N) is 1. The van der Waals surface area contributed by atoms with E-state index in [9.17, 15) is 9.18 Å². The van der Waals surface area contributed by atoms with E-state index in [0.29, 0.717) is 12.0 Å². The summed E-state index contributed by atoms with van der Waals surface area (Å²) in [5.74, 6) is 4.34. The Kier molecular flexibility index (Phi) is 6.16. The number of carbonyl (C=O) groups is 1. The minimum absolute atomic E-state index is 0.0449. The number of hydrogen-bond donors (Lipinski definition) is 2. The maximum Gasteiger partial charge on any atom is 0.256 e. The number of halogens is 1. The summed E-state index contributed by atoms with van der Waals surface area (Å²) in [5.41, 5.74) is 0.428. The summed E-state index contributed by atoms with van der Waals surface area (Å²) >= 11 is 0. The molecule has 0 aliphatic carbocycles. The molecule has 0 aliphatic heterocycles. The lowest BCUT2D eigenvalue weighted by Crippen LogP contribution is -2.37. The van der Waals surface area contributed by atoms with Crippen molar-refractivity contribution in [2.45, 2.75) is 19.4 Å². The molecule has 1 amide bonds. The summed E-state index contributed by atoms with van der Waals surface area (Å²) in [6, 6.07) is 3.65. The van der Waals surface area contributed by atoms with Crippen molar-refractivity contribution in [3.63, 3.8) is 0 Å². The topological polar surface area (TPSA) is 60.8 Å². The third-order valence-corrected chi connectivity index (χ3v) is 2.91. The van der Waals surface area contributed by atoms with Gasteiger partial charge in [0.2, 0.25) is 0 Å². The van der Waals surface area contributed by atoms with E-state index in [2.05, 4.69) is 11.8 Å². The number of rotatable bonds is 4. The summed E-state index contributed by atoms with van der Waals surface area (Å²) in [4.78, 5) is 13.4. The molecule has 0 fully saturated rings. The standard InChI is InChI=1S/C15H18FNO3/c1-11(10-19)17(2)15(20)13-9-12(5-3-4-8-18)6-7-14(13)16/h6-7,9,11,18-19H,4,8,10H2,1-2H3. The lowest BCUT2D eigenvalue weighted by Gasteiger charge is -2.23. The van der Waals surface area contributed by atoms with Gasteiger partial charge in [0.15, 0.2) is 0 Å². The van der Waals surface area contributed by atoms with Gasteiger partial charge in [-0.1, -0.05) is 11.8 Å². The van der Waals surface area contributed by atoms with Crippen LogP contribution in [0.4, 0.5) is 4.39 Å². The Balaban J connectivity index is 3.03. The molecule has 0 saturated heterocycles. The number of amides is 1. The van der Waals surface area contributed by atoms with Crippen molar-refractivity contribution in [1.29, 1.82) is 0 Å². The molecule has 20 heavy (non-hydrogen) atoms. The predicted octanol–water partition coefficient (Wildman–Crippen LogP) is 1.01. The third kappa shape index (κ3) is 4.05. The van der Waals surface area contributed by atoms with Gasteiger partial charge >= 0.3 is 0 Å². The van der Waals surface area contributed by atoms with Crippen molar-refractivity contribution in [1.82, 2.24) is 4.90 Å². The van der Waals surface area contributed by atoms with E-state index in [4.69, 9.17) is 10.2 Å². The Labute approximate surface area is 117 Å². The van der Waals surface area contributed by atoms with E-state index in [-0.39, 0.29) is 18.8 Å². The van der Waals surface area contributed by atoms with E-state index in [1.165, 1.54) is 30.1 Å². The molecule has 0 bridgehead atoms. The van der Waals surface area contributed by atoms with Gasteiger partial charge in [-0.25, -0.2) is 4.39 Å². The van der Waals surface area contributed by atoms with Gasteiger partial charge in [0, 0.05) is 19.0 Å². The lowest BCUT2D eigenvalue weighted by molar-refractivity contribution is 0.0677. The third-order valence-electron chi connectivity index (χ3n) is 2.91. The molecule has 4 nitrogen and oxygen atoms in total. The Hall–Kier alpha value is -1.90. The molecule has 0 heterocycles. The molecule has 1 aromatic carbocycles. The average Bonchev–Trinajstić information content (AvgIpc) is 2.46. The van der Waals surface area contributed by atoms with Crippen molar-refractivity contribution in [2.75, 3.05) is 20.3 Å². The van der Waals surface area contributed by atoms with Crippen LogP contribution in [0.25, 0.3) is 0 Å². The highest BCUT2D eigenvalue weighted by molar-refractivity contribution is 5.94. The zero-order valence-corrected chi connectivity index (χ0v) is 11.6. The van der Waals surface area contributed by atoms with Crippen LogP contribution in [0.15, 0.2) is 18.2 Å². The molecule has 2 N–H and O–H groups in total. The second-order valence-corrected chi connectivity index (χ2v) is 4.42. The minimum atomic E-state index is -0.625. The Morgan fingerprint density at radius 1 is 1.45 bits per heavy atom. The molecule has 0 radical (unpaired) electrons. The van der Waals surface area contributed by atoms with Crippen molar-refractivity contribution in [3.8, 4) is 11.8 Å². The molecule has 0 aromatic heterocycles. The second-order valence-electron chi connectivity index (χ2n) is 4.42. The first-order valence-electron chi connectivity index (χ1n) is 6.28. The summed E-state index contributed by atoms with van der Waals surface area (Å²) < 4.78 is 13.7. The van der Waals surface area contributed by atoms with Crippen molar-refractivity contribution in [3.05, 3.63) is 35.1 Å². The monoisotopic (exact) mass is 279 g/mol. The fraction of sp³-hybridized carbons (Fsp3) is 0.400. The Bertz CT molecular complexity index is 534. The maximum absolute atomic E-state index is 13.7. The molecule has 1 aromatic rings. The smallest absolute Gasteiger partial charge is 0.256 e. The summed E-state index contributed by atoms with van der Waals surface area (Å²) in [5, 5.41) is 17.7. The van der Waals surface area contributed by atoms with Crippen LogP contribution in [0.2, 0.25) is 0 Å². The molecular weight excluding hydrogens is 261 g/mol. The molecular formula is C15H18FNO3. The van der Waals surface area contributed by atoms with Crippen LogP contribution in [0.3, 0.4) is 0 Å². The lowest BCUT2D eigenvalue weighted by atomic mass is 10.1.